The van der Waals surface area contributed by atoms with Gasteiger partial charge in [0.2, 0.25) is 0 Å². The SMILES string of the molecule is [C-]#[N+]c1ccc2c(c1)C(C)(C)c1c3c(c4ccccc4c1-2)OC(c1ccc(N2CCOCC2)cc1)(c1ccc2ccc4ccccc4c2c1)C=C3. The minimum Gasteiger partial charge on any atom is -0.472 e. The molecule has 0 N–H and O–H groups in total. The van der Waals surface area contributed by atoms with Crippen molar-refractivity contribution in [2.75, 3.05) is 31.2 Å². The van der Waals surface area contributed by atoms with Gasteiger partial charge in [-0.05, 0) is 73.5 Å². The molecule has 1 fully saturated rings. The van der Waals surface area contributed by atoms with Gasteiger partial charge in [-0.3, -0.25) is 0 Å². The Morgan fingerprint density at radius 3 is 2.16 bits per heavy atom. The van der Waals surface area contributed by atoms with Crippen LogP contribution in [0, 0.1) is 6.57 Å². The fourth-order valence-electron chi connectivity index (χ4n) is 8.94. The molecule has 3 aliphatic rings. The zero-order valence-corrected chi connectivity index (χ0v) is 28.7. The maximum atomic E-state index is 7.74. The summed E-state index contributed by atoms with van der Waals surface area (Å²) in [6, 6.07) is 43.7. The van der Waals surface area contributed by atoms with E-state index in [9.17, 15) is 0 Å². The lowest BCUT2D eigenvalue weighted by Gasteiger charge is -2.39. The topological polar surface area (TPSA) is 26.1 Å². The van der Waals surface area contributed by atoms with Gasteiger partial charge in [0, 0.05) is 46.3 Å². The molecule has 1 saturated heterocycles. The summed E-state index contributed by atoms with van der Waals surface area (Å²) in [6.45, 7) is 15.6. The van der Waals surface area contributed by atoms with Crippen molar-refractivity contribution in [2.24, 2.45) is 0 Å². The molecule has 4 nitrogen and oxygen atoms in total. The first-order chi connectivity index (χ1) is 25.0. The number of benzene rings is 7. The van der Waals surface area contributed by atoms with Gasteiger partial charge in [0.05, 0.1) is 19.8 Å². The summed E-state index contributed by atoms with van der Waals surface area (Å²) in [7, 11) is 0. The molecule has 10 rings (SSSR count). The molecule has 0 bridgehead atoms. The van der Waals surface area contributed by atoms with Crippen molar-refractivity contribution >= 4 is 49.8 Å². The molecule has 0 saturated carbocycles. The standard InChI is InChI=1S/C47H36N2O2/c1-46(2)42-29-34(48-3)18-21-39(42)43-37-10-6-7-11-38(37)45-40(44(43)46)22-23-47(51-45,32-16-19-35(20-17-32)49-24-26-50-27-25-49)33-15-14-31-13-12-30-8-4-5-9-36(30)41(31)28-33/h4-23,28-29H,24-27H2,1-2H3. The van der Waals surface area contributed by atoms with Gasteiger partial charge in [-0.2, -0.15) is 0 Å². The number of anilines is 1. The van der Waals surface area contributed by atoms with Crippen molar-refractivity contribution < 1.29 is 9.47 Å². The molecule has 2 heterocycles. The third-order valence-electron chi connectivity index (χ3n) is 11.5. The quantitative estimate of drug-likeness (QED) is 0.139. The lowest BCUT2D eigenvalue weighted by molar-refractivity contribution is 0.122. The van der Waals surface area contributed by atoms with E-state index < -0.39 is 5.60 Å². The van der Waals surface area contributed by atoms with Gasteiger partial charge in [0.1, 0.15) is 5.75 Å². The highest BCUT2D eigenvalue weighted by Gasteiger charge is 2.44. The summed E-state index contributed by atoms with van der Waals surface area (Å²) >= 11 is 0. The number of fused-ring (bicyclic) bond motifs is 11. The minimum absolute atomic E-state index is 0.325. The lowest BCUT2D eigenvalue weighted by atomic mass is 9.76. The highest BCUT2D eigenvalue weighted by Crippen LogP contribution is 2.58. The van der Waals surface area contributed by atoms with Crippen LogP contribution in [0.1, 0.15) is 41.7 Å². The van der Waals surface area contributed by atoms with Crippen LogP contribution in [0.4, 0.5) is 11.4 Å². The van der Waals surface area contributed by atoms with Crippen molar-refractivity contribution in [2.45, 2.75) is 24.9 Å². The second kappa shape index (κ2) is 11.1. The molecule has 51 heavy (non-hydrogen) atoms. The monoisotopic (exact) mass is 660 g/mol. The third-order valence-corrected chi connectivity index (χ3v) is 11.5. The molecule has 4 heteroatoms. The number of morpholine rings is 1. The van der Waals surface area contributed by atoms with Crippen molar-refractivity contribution in [3.63, 3.8) is 0 Å². The smallest absolute Gasteiger partial charge is 0.187 e. The second-order valence-electron chi connectivity index (χ2n) is 14.5. The Bertz CT molecular complexity index is 2640. The van der Waals surface area contributed by atoms with E-state index in [0.717, 1.165) is 54.1 Å². The lowest BCUT2D eigenvalue weighted by Crippen LogP contribution is -2.37. The fourth-order valence-corrected chi connectivity index (χ4v) is 8.94. The number of hydrogen-bond acceptors (Lipinski definition) is 3. The van der Waals surface area contributed by atoms with Crippen molar-refractivity contribution in [1.82, 2.24) is 0 Å². The molecule has 7 aromatic carbocycles. The molecule has 2 aliphatic heterocycles. The van der Waals surface area contributed by atoms with Crippen LogP contribution in [0.15, 0.2) is 127 Å². The van der Waals surface area contributed by atoms with Crippen LogP contribution >= 0.6 is 0 Å². The third kappa shape index (κ3) is 4.35. The molecule has 246 valence electrons. The van der Waals surface area contributed by atoms with Gasteiger partial charge >= 0.3 is 0 Å². The van der Waals surface area contributed by atoms with Crippen molar-refractivity contribution in [3.8, 4) is 16.9 Å². The Kier molecular flexibility index (Phi) is 6.50. The van der Waals surface area contributed by atoms with Gasteiger partial charge in [-0.25, -0.2) is 4.85 Å². The highest BCUT2D eigenvalue weighted by atomic mass is 16.5. The largest absolute Gasteiger partial charge is 0.472 e. The van der Waals surface area contributed by atoms with Crippen molar-refractivity contribution in [3.05, 3.63) is 167 Å². The normalized spacial score (nSPS) is 18.6. The summed E-state index contributed by atoms with van der Waals surface area (Å²) in [4.78, 5) is 6.18. The Labute approximate surface area is 298 Å². The van der Waals surface area contributed by atoms with Crippen LogP contribution in [-0.4, -0.2) is 26.3 Å². The maximum absolute atomic E-state index is 7.74. The first-order valence-corrected chi connectivity index (χ1v) is 17.8. The zero-order chi connectivity index (χ0) is 34.3. The Morgan fingerprint density at radius 1 is 0.686 bits per heavy atom. The molecule has 0 amide bonds. The summed E-state index contributed by atoms with van der Waals surface area (Å²) in [6.07, 6.45) is 4.60. The molecular weight excluding hydrogens is 625 g/mol. The van der Waals surface area contributed by atoms with Crippen LogP contribution in [-0.2, 0) is 15.8 Å². The molecule has 7 aromatic rings. The van der Waals surface area contributed by atoms with E-state index in [1.54, 1.807) is 0 Å². The minimum atomic E-state index is -0.883. The molecule has 0 radical (unpaired) electrons. The van der Waals surface area contributed by atoms with Gasteiger partial charge < -0.3 is 14.4 Å². The van der Waals surface area contributed by atoms with Crippen molar-refractivity contribution in [1.29, 1.82) is 0 Å². The number of rotatable bonds is 3. The van der Waals surface area contributed by atoms with E-state index in [0.29, 0.717) is 5.69 Å². The van der Waals surface area contributed by atoms with E-state index in [-0.39, 0.29) is 5.41 Å². The van der Waals surface area contributed by atoms with Crippen LogP contribution in [0.3, 0.4) is 0 Å². The van der Waals surface area contributed by atoms with Crippen LogP contribution in [0.2, 0.25) is 0 Å². The number of nitrogens with zero attached hydrogens (tertiary/aromatic N) is 2. The molecule has 1 unspecified atom stereocenters. The van der Waals surface area contributed by atoms with E-state index in [4.69, 9.17) is 16.0 Å². The average molecular weight is 661 g/mol. The molecule has 1 atom stereocenters. The predicted molar refractivity (Wildman–Crippen MR) is 209 cm³/mol. The predicted octanol–water partition coefficient (Wildman–Crippen LogP) is 11.2. The van der Waals surface area contributed by atoms with E-state index >= 15 is 0 Å². The summed E-state index contributed by atoms with van der Waals surface area (Å²) in [5.74, 6) is 0.897. The van der Waals surface area contributed by atoms with Gasteiger partial charge in [-0.1, -0.05) is 123 Å². The molecule has 0 aromatic heterocycles. The first-order valence-electron chi connectivity index (χ1n) is 17.8. The zero-order valence-electron chi connectivity index (χ0n) is 28.7. The number of ether oxygens (including phenoxy) is 2. The highest BCUT2D eigenvalue weighted by molar-refractivity contribution is 6.09. The Morgan fingerprint density at radius 2 is 1.37 bits per heavy atom. The average Bonchev–Trinajstić information content (AvgIpc) is 3.43. The number of hydrogen-bond donors (Lipinski definition) is 0. The molecule has 1 aliphatic carbocycles. The molecule has 0 spiro atoms. The maximum Gasteiger partial charge on any atom is 0.187 e. The van der Waals surface area contributed by atoms with E-state index in [2.05, 4.69) is 151 Å². The first kappa shape index (κ1) is 30.0. The molecular formula is C47H36N2O2. The fraction of sp³-hybridized carbons (Fsp3) is 0.170. The van der Waals surface area contributed by atoms with Crippen LogP contribution in [0.5, 0.6) is 5.75 Å². The van der Waals surface area contributed by atoms with Gasteiger partial charge in [0.25, 0.3) is 0 Å². The second-order valence-corrected chi connectivity index (χ2v) is 14.5. The van der Waals surface area contributed by atoms with Crippen LogP contribution in [0.25, 0.3) is 54.4 Å². The summed E-state index contributed by atoms with van der Waals surface area (Å²) < 4.78 is 13.3. The van der Waals surface area contributed by atoms with Gasteiger partial charge in [-0.15, -0.1) is 0 Å². The van der Waals surface area contributed by atoms with E-state index in [1.165, 1.54) is 54.9 Å². The Balaban J connectivity index is 1.22. The van der Waals surface area contributed by atoms with Crippen LogP contribution < -0.4 is 9.64 Å². The van der Waals surface area contributed by atoms with Gasteiger partial charge in [0.15, 0.2) is 11.3 Å². The summed E-state index contributed by atoms with van der Waals surface area (Å²) in [5.41, 5.74) is 8.82. The Hall–Kier alpha value is -5.89. The summed E-state index contributed by atoms with van der Waals surface area (Å²) in [5, 5.41) is 7.14. The van der Waals surface area contributed by atoms with E-state index in [1.807, 2.05) is 6.07 Å².